The Balaban J connectivity index is 0.000000348. The minimum atomic E-state index is -2.04. The van der Waals surface area contributed by atoms with Crippen molar-refractivity contribution in [3.05, 3.63) is 92.8 Å². The molecule has 5 aliphatic heterocycles. The number of esters is 1. The smallest absolute Gasteiger partial charge is 0.341 e. The first kappa shape index (κ1) is 62.0. The van der Waals surface area contributed by atoms with Gasteiger partial charge in [-0.05, 0) is 46.0 Å². The highest BCUT2D eigenvalue weighted by atomic mass is 19.1. The number of hydrogen-bond donors (Lipinski definition) is 8. The number of piperazine rings is 2. The number of ether oxygens (including phenoxy) is 4. The van der Waals surface area contributed by atoms with E-state index in [-0.39, 0.29) is 55.4 Å². The molecule has 2 saturated heterocycles. The highest BCUT2D eigenvalue weighted by molar-refractivity contribution is 6.24. The van der Waals surface area contributed by atoms with Gasteiger partial charge in [0.2, 0.25) is 5.43 Å². The summed E-state index contributed by atoms with van der Waals surface area (Å²) in [5, 5.41) is 79.3. The molecule has 22 nitrogen and oxygen atoms in total. The van der Waals surface area contributed by atoms with Crippen LogP contribution in [0.2, 0.25) is 0 Å². The Morgan fingerprint density at radius 1 is 0.915 bits per heavy atom. The second kappa shape index (κ2) is 25.7. The van der Waals surface area contributed by atoms with Crippen molar-refractivity contribution in [2.45, 2.75) is 99.1 Å². The zero-order chi connectivity index (χ0) is 60.2. The number of nitrogens with zero attached hydrogens (tertiary/aromatic N) is 5. The maximum atomic E-state index is 14.5. The number of Topliss-reactive ketones (excluding diaryl/α,β-unsaturated/α-hetero) is 1. The number of allylic oxidation sites excluding steroid dienone is 2. The topological polar surface area (TPSA) is 295 Å². The number of ketones is 1. The number of carboxylic acids is 1. The van der Waals surface area contributed by atoms with Gasteiger partial charge in [0.15, 0.2) is 5.75 Å². The lowest BCUT2D eigenvalue weighted by atomic mass is 9.78. The molecule has 2 fully saturated rings. The summed E-state index contributed by atoms with van der Waals surface area (Å²) in [7, 11) is 3.42. The third-order valence-corrected chi connectivity index (χ3v) is 16.0. The van der Waals surface area contributed by atoms with Gasteiger partial charge in [-0.3, -0.25) is 24.2 Å². The molecule has 9 rings (SSSR count). The maximum absolute atomic E-state index is 14.5. The van der Waals surface area contributed by atoms with Crippen LogP contribution < -0.4 is 25.7 Å². The van der Waals surface area contributed by atoms with E-state index in [0.717, 1.165) is 32.2 Å². The number of aromatic nitrogens is 1. The fourth-order valence-corrected chi connectivity index (χ4v) is 10.9. The average molecular weight is 1140 g/mol. The number of hydrazone groups is 1. The molecule has 82 heavy (non-hydrogen) atoms. The van der Waals surface area contributed by atoms with E-state index in [0.29, 0.717) is 43.9 Å². The molecule has 1 amide bonds. The van der Waals surface area contributed by atoms with Crippen LogP contribution in [-0.2, 0) is 30.3 Å². The van der Waals surface area contributed by atoms with Crippen LogP contribution in [0.3, 0.4) is 0 Å². The molecule has 3 aromatic carbocycles. The van der Waals surface area contributed by atoms with Crippen LogP contribution in [0.5, 0.6) is 23.0 Å². The summed E-state index contributed by atoms with van der Waals surface area (Å²) in [6.45, 7) is 20.4. The van der Waals surface area contributed by atoms with Crippen molar-refractivity contribution in [2.75, 3.05) is 76.7 Å². The fraction of sp³-hybridized carbons (Fsp3) is 0.492. The van der Waals surface area contributed by atoms with E-state index in [2.05, 4.69) is 20.6 Å². The van der Waals surface area contributed by atoms with Gasteiger partial charge in [-0.1, -0.05) is 45.9 Å². The summed E-state index contributed by atoms with van der Waals surface area (Å²) in [5.74, 6) is -10.1. The van der Waals surface area contributed by atoms with Crippen molar-refractivity contribution in [1.82, 2.24) is 19.8 Å². The number of amides is 1. The number of hydrogen-bond acceptors (Lipinski definition) is 19. The molecule has 6 heterocycles. The number of rotatable bonds is 7. The molecular formula is C59H76FN7O15. The summed E-state index contributed by atoms with van der Waals surface area (Å²) in [6.07, 6.45) is 6.19. The normalized spacial score (nSPS) is 27.3. The number of aliphatic hydroxyl groups excluding tert-OH is 2. The van der Waals surface area contributed by atoms with Crippen molar-refractivity contribution >= 4 is 62.9 Å². The molecule has 0 unspecified atom stereocenters. The Hall–Kier alpha value is -7.57. The monoisotopic (exact) mass is 1140 g/mol. The number of anilines is 2. The molecule has 8 N–H and O–H groups in total. The Morgan fingerprint density at radius 3 is 2.21 bits per heavy atom. The molecular weight excluding hydrogens is 1070 g/mol. The van der Waals surface area contributed by atoms with Crippen LogP contribution in [0.1, 0.15) is 87.2 Å². The highest BCUT2D eigenvalue weighted by Gasteiger charge is 2.50. The van der Waals surface area contributed by atoms with Gasteiger partial charge in [0, 0.05) is 132 Å². The van der Waals surface area contributed by atoms with Crippen LogP contribution in [0.25, 0.3) is 21.7 Å². The van der Waals surface area contributed by atoms with Crippen molar-refractivity contribution < 1.29 is 73.2 Å². The van der Waals surface area contributed by atoms with Gasteiger partial charge in [-0.25, -0.2) is 9.18 Å². The predicted octanol–water partition coefficient (Wildman–Crippen LogP) is 5.60. The van der Waals surface area contributed by atoms with E-state index in [1.165, 1.54) is 65.6 Å². The van der Waals surface area contributed by atoms with Gasteiger partial charge in [-0.2, -0.15) is 5.10 Å². The van der Waals surface area contributed by atoms with Crippen LogP contribution in [0.4, 0.5) is 15.8 Å². The molecule has 1 aromatic heterocycles. The first-order valence-corrected chi connectivity index (χ1v) is 27.4. The number of aromatic hydroxyl groups is 3. The van der Waals surface area contributed by atoms with Crippen LogP contribution >= 0.6 is 0 Å². The number of nitrogens with one attached hydrogen (secondary N) is 2. The van der Waals surface area contributed by atoms with E-state index < -0.39 is 106 Å². The van der Waals surface area contributed by atoms with Gasteiger partial charge >= 0.3 is 17.7 Å². The van der Waals surface area contributed by atoms with Crippen molar-refractivity contribution in [1.29, 1.82) is 0 Å². The molecule has 5 bridgehead atoms. The van der Waals surface area contributed by atoms with Gasteiger partial charge in [0.1, 0.15) is 34.7 Å². The van der Waals surface area contributed by atoms with Crippen molar-refractivity contribution in [3.63, 3.8) is 0 Å². The van der Waals surface area contributed by atoms with Gasteiger partial charge < -0.3 is 74.6 Å². The molecule has 0 spiro atoms. The third kappa shape index (κ3) is 12.6. The number of carbonyl (C=O) groups is 4. The van der Waals surface area contributed by atoms with E-state index >= 15 is 0 Å². The number of carboxylic acid groups (broad SMARTS) is 1. The minimum absolute atomic E-state index is 0.0559. The Bertz CT molecular complexity index is 3290. The van der Waals surface area contributed by atoms with E-state index in [1.807, 2.05) is 18.9 Å². The second-order valence-corrected chi connectivity index (χ2v) is 21.6. The van der Waals surface area contributed by atoms with E-state index in [4.69, 9.17) is 24.1 Å². The Kier molecular flexibility index (Phi) is 19.4. The number of benzene rings is 3. The maximum Gasteiger partial charge on any atom is 0.341 e. The Morgan fingerprint density at radius 2 is 1.59 bits per heavy atom. The van der Waals surface area contributed by atoms with Gasteiger partial charge in [-0.15, -0.1) is 0 Å². The van der Waals surface area contributed by atoms with Crippen molar-refractivity contribution in [3.8, 4) is 23.0 Å². The fourth-order valence-electron chi connectivity index (χ4n) is 10.9. The quantitative estimate of drug-likeness (QED) is 0.0483. The van der Waals surface area contributed by atoms with E-state index in [9.17, 15) is 53.9 Å². The molecule has 0 radical (unpaired) electrons. The molecule has 0 saturated carbocycles. The number of aliphatic hydroxyl groups is 2. The number of aryl methyl sites for hydroxylation is 1. The summed E-state index contributed by atoms with van der Waals surface area (Å²) in [6, 6.07) is 2.81. The minimum Gasteiger partial charge on any atom is -0.507 e. The first-order chi connectivity index (χ1) is 38.8. The number of likely N-dealkylation sites (N-methyl/N-ethyl adjacent to an activating group) is 1. The average Bonchev–Trinajstić information content (AvgIpc) is 2.42. The number of carbonyl (C=O) groups excluding carboxylic acids is 3. The lowest BCUT2D eigenvalue weighted by Gasteiger charge is -2.38. The molecule has 444 valence electrons. The predicted molar refractivity (Wildman–Crippen MR) is 306 cm³/mol. The van der Waals surface area contributed by atoms with Crippen molar-refractivity contribution in [2.24, 2.45) is 28.8 Å². The summed E-state index contributed by atoms with van der Waals surface area (Å²) >= 11 is 0. The second-order valence-electron chi connectivity index (χ2n) is 21.6. The van der Waals surface area contributed by atoms with Gasteiger partial charge in [0.05, 0.1) is 64.2 Å². The molecule has 4 aromatic rings. The number of phenolic OH excluding ortho intramolecular Hbond substituents is 3. The number of halogens is 1. The summed E-state index contributed by atoms with van der Waals surface area (Å²) in [5.41, 5.74) is -0.338. The summed E-state index contributed by atoms with van der Waals surface area (Å²) < 4.78 is 39.8. The number of phenols is 3. The number of aromatic carboxylic acids is 1. The standard InChI is InChI=1S/C43H58N4O12.C16H18FN3O3/c1-21-12-11-13-22(2)42(55)45-33-28(20-44-47-17-15-46(9)16-18-47)37(52)30-31(38(33)53)36(51)26(6)40-32(30)41(54)43(8,59-40)57-19-14-29(56-10)23(3)39(58-27(7)48)25(5)35(50)24(4)34(21)49;1-2-19-9-11(16(22)23)15(21)10-7-12(17)14(8-13(10)19)20-5-3-18-4-6-20/h11-14,19-21,23-25,29,34-35,39,49-53H,15-18H2,1-10H3,(H,45,55);7-9,18H,2-6H2,1H3,(H,22,23)/b12-11+,19-14+,22-13-,44-20-;/t21-,23-,24-,25-,29+,34+,35+,39-,43+;/m1./s1. The number of pyridine rings is 1. The van der Waals surface area contributed by atoms with E-state index in [1.54, 1.807) is 55.5 Å². The Labute approximate surface area is 474 Å². The zero-order valence-corrected chi connectivity index (χ0v) is 48.2. The number of methoxy groups -OCH3 is 1. The SMILES string of the molecule is CCn1cc(C(=O)O)c(=O)c2cc(F)c(N3CCNCC3)cc21.CO[C@H]1/C=C/O[C@@]2(C)Oc3c(C)c(O)c4c(O)c(c(/C=N\N5CCN(C)CC5)c(O)c4c3C2=O)NC(=O)/C(C)=C\C=C\[C@@H](C)[C@H](O)[C@@H](C)[C@H](O)[C@@H](C)[C@H](OC(C)=O)[C@@H]1C. The van der Waals surface area contributed by atoms with Gasteiger partial charge in [0.25, 0.3) is 11.7 Å². The first-order valence-electron chi connectivity index (χ1n) is 27.4. The van der Waals surface area contributed by atoms with Crippen LogP contribution in [-0.4, -0.2) is 172 Å². The molecule has 0 aliphatic carbocycles. The molecule has 23 heteroatoms. The summed E-state index contributed by atoms with van der Waals surface area (Å²) in [4.78, 5) is 68.1. The van der Waals surface area contributed by atoms with Crippen LogP contribution in [0, 0.1) is 36.4 Å². The molecule has 9 atom stereocenters. The zero-order valence-electron chi connectivity index (χ0n) is 48.2. The highest BCUT2D eigenvalue weighted by Crippen LogP contribution is 2.55. The number of fused-ring (bicyclic) bond motifs is 15. The largest absolute Gasteiger partial charge is 0.507 e. The van der Waals surface area contributed by atoms with Crippen LogP contribution in [0.15, 0.2) is 64.4 Å². The lowest BCUT2D eigenvalue weighted by molar-refractivity contribution is -0.160. The molecule has 5 aliphatic rings. The lowest BCUT2D eigenvalue weighted by Crippen LogP contribution is -2.46. The third-order valence-electron chi connectivity index (χ3n) is 16.0.